The van der Waals surface area contributed by atoms with Crippen molar-refractivity contribution in [3.05, 3.63) is 0 Å². The minimum Gasteiger partial charge on any atom is -0.394 e. The third-order valence-electron chi connectivity index (χ3n) is 0.561. The van der Waals surface area contributed by atoms with Crippen molar-refractivity contribution in [1.29, 1.82) is 0 Å². The van der Waals surface area contributed by atoms with Crippen LogP contribution < -0.4 is 0 Å². The first-order valence-electron chi connectivity index (χ1n) is 2.03. The van der Waals surface area contributed by atoms with E-state index in [9.17, 15) is 4.79 Å². The first-order valence-corrected chi connectivity index (χ1v) is 2.40. The molecule has 0 aromatic heterocycles. The maximum absolute atomic E-state index is 10.2. The van der Waals surface area contributed by atoms with E-state index in [4.69, 9.17) is 0 Å². The van der Waals surface area contributed by atoms with E-state index in [0.717, 1.165) is 0 Å². The SMILES string of the molecule is CC(C)C(=O)OS. The van der Waals surface area contributed by atoms with Gasteiger partial charge < -0.3 is 4.18 Å². The van der Waals surface area contributed by atoms with Crippen LogP contribution >= 0.6 is 12.9 Å². The quantitative estimate of drug-likeness (QED) is 0.413. The molecule has 42 valence electrons. The molecule has 0 aliphatic carbocycles. The van der Waals surface area contributed by atoms with E-state index in [1.54, 1.807) is 13.8 Å². The fraction of sp³-hybridized carbons (Fsp3) is 0.750. The summed E-state index contributed by atoms with van der Waals surface area (Å²) in [5.74, 6) is -0.360. The molecule has 0 bridgehead atoms. The van der Waals surface area contributed by atoms with E-state index in [2.05, 4.69) is 17.1 Å². The number of thiol groups is 1. The molecule has 0 N–H and O–H groups in total. The Labute approximate surface area is 48.5 Å². The third-order valence-corrected chi connectivity index (χ3v) is 0.741. The van der Waals surface area contributed by atoms with Crippen LogP contribution in [-0.4, -0.2) is 5.97 Å². The van der Waals surface area contributed by atoms with Gasteiger partial charge in [0.25, 0.3) is 0 Å². The molecule has 0 heterocycles. The predicted molar refractivity (Wildman–Crippen MR) is 29.9 cm³/mol. The van der Waals surface area contributed by atoms with Gasteiger partial charge >= 0.3 is 5.97 Å². The Bertz CT molecular complexity index is 70.1. The first-order chi connectivity index (χ1) is 3.18. The Kier molecular flexibility index (Phi) is 2.83. The lowest BCUT2D eigenvalue weighted by Gasteiger charge is -1.96. The van der Waals surface area contributed by atoms with Gasteiger partial charge in [-0.05, 0) is 0 Å². The summed E-state index contributed by atoms with van der Waals surface area (Å²) in [5.41, 5.74) is 0. The Morgan fingerprint density at radius 2 is 2.14 bits per heavy atom. The van der Waals surface area contributed by atoms with Gasteiger partial charge in [-0.2, -0.15) is 0 Å². The van der Waals surface area contributed by atoms with Crippen LogP contribution in [0.25, 0.3) is 0 Å². The zero-order chi connectivity index (χ0) is 5.86. The lowest BCUT2D eigenvalue weighted by Crippen LogP contribution is -2.05. The summed E-state index contributed by atoms with van der Waals surface area (Å²) >= 11 is 3.31. The summed E-state index contributed by atoms with van der Waals surface area (Å²) in [7, 11) is 0. The summed E-state index contributed by atoms with van der Waals surface area (Å²) in [6.07, 6.45) is 0. The Morgan fingerprint density at radius 1 is 1.71 bits per heavy atom. The van der Waals surface area contributed by atoms with Gasteiger partial charge in [-0.15, -0.1) is 0 Å². The smallest absolute Gasteiger partial charge is 0.320 e. The van der Waals surface area contributed by atoms with Crippen LogP contribution in [-0.2, 0) is 8.98 Å². The summed E-state index contributed by atoms with van der Waals surface area (Å²) in [6.45, 7) is 3.50. The van der Waals surface area contributed by atoms with Gasteiger partial charge in [0.15, 0.2) is 0 Å². The summed E-state index contributed by atoms with van der Waals surface area (Å²) in [4.78, 5) is 10.2. The molecule has 0 saturated carbocycles. The highest BCUT2D eigenvalue weighted by molar-refractivity contribution is 7.75. The molecular formula is C4H8O2S. The van der Waals surface area contributed by atoms with Crippen LogP contribution in [0.1, 0.15) is 13.8 Å². The summed E-state index contributed by atoms with van der Waals surface area (Å²) in [5, 5.41) is 0. The maximum Gasteiger partial charge on any atom is 0.320 e. The monoisotopic (exact) mass is 120 g/mol. The van der Waals surface area contributed by atoms with Gasteiger partial charge in [0.1, 0.15) is 0 Å². The highest BCUT2D eigenvalue weighted by Crippen LogP contribution is 1.95. The van der Waals surface area contributed by atoms with Gasteiger partial charge in [0, 0.05) is 12.9 Å². The van der Waals surface area contributed by atoms with Crippen molar-refractivity contribution in [3.8, 4) is 0 Å². The Hall–Kier alpha value is -0.180. The highest BCUT2D eigenvalue weighted by Gasteiger charge is 2.04. The molecule has 0 aliphatic rings. The Morgan fingerprint density at radius 3 is 2.14 bits per heavy atom. The molecule has 0 spiro atoms. The highest BCUT2D eigenvalue weighted by atomic mass is 32.1. The number of carbonyl (C=O) groups is 1. The van der Waals surface area contributed by atoms with E-state index < -0.39 is 0 Å². The van der Waals surface area contributed by atoms with Crippen LogP contribution in [0, 0.1) is 5.92 Å². The molecule has 0 fully saturated rings. The third kappa shape index (κ3) is 2.51. The molecule has 3 heteroatoms. The minimum atomic E-state index is -0.289. The molecule has 0 aliphatic heterocycles. The molecule has 0 atom stereocenters. The van der Waals surface area contributed by atoms with Crippen molar-refractivity contribution in [2.45, 2.75) is 13.8 Å². The second-order valence-electron chi connectivity index (χ2n) is 1.57. The molecule has 0 aromatic carbocycles. The predicted octanol–water partition coefficient (Wildman–Crippen LogP) is 1.03. The number of hydrogen-bond acceptors (Lipinski definition) is 3. The normalized spacial score (nSPS) is 9.14. The maximum atomic E-state index is 10.2. The Balaban J connectivity index is 3.35. The topological polar surface area (TPSA) is 26.3 Å². The van der Waals surface area contributed by atoms with Crippen molar-refractivity contribution >= 4 is 18.9 Å². The summed E-state index contributed by atoms with van der Waals surface area (Å²) < 4.78 is 4.07. The van der Waals surface area contributed by atoms with Gasteiger partial charge in [-0.1, -0.05) is 13.8 Å². The lowest BCUT2D eigenvalue weighted by molar-refractivity contribution is -0.136. The largest absolute Gasteiger partial charge is 0.394 e. The van der Waals surface area contributed by atoms with Crippen molar-refractivity contribution < 1.29 is 8.98 Å². The van der Waals surface area contributed by atoms with Crippen molar-refractivity contribution in [1.82, 2.24) is 0 Å². The van der Waals surface area contributed by atoms with E-state index in [-0.39, 0.29) is 11.9 Å². The molecule has 2 nitrogen and oxygen atoms in total. The average Bonchev–Trinajstić information content (AvgIpc) is 1.65. The molecule has 0 unspecified atom stereocenters. The second kappa shape index (κ2) is 2.91. The van der Waals surface area contributed by atoms with E-state index in [1.165, 1.54) is 0 Å². The molecule has 0 radical (unpaired) electrons. The van der Waals surface area contributed by atoms with Crippen LogP contribution in [0.2, 0.25) is 0 Å². The fourth-order valence-electron chi connectivity index (χ4n) is 0.105. The van der Waals surface area contributed by atoms with E-state index >= 15 is 0 Å². The zero-order valence-corrected chi connectivity index (χ0v) is 5.24. The molecule has 7 heavy (non-hydrogen) atoms. The van der Waals surface area contributed by atoms with E-state index in [1.807, 2.05) is 0 Å². The van der Waals surface area contributed by atoms with Crippen LogP contribution in [0.15, 0.2) is 0 Å². The zero-order valence-electron chi connectivity index (χ0n) is 4.34. The molecule has 0 amide bonds. The number of hydrogen-bond donors (Lipinski definition) is 1. The fourth-order valence-corrected chi connectivity index (χ4v) is 0.316. The molecular weight excluding hydrogens is 112 g/mol. The molecule has 0 aromatic rings. The lowest BCUT2D eigenvalue weighted by atomic mass is 10.2. The van der Waals surface area contributed by atoms with Crippen LogP contribution in [0.4, 0.5) is 0 Å². The van der Waals surface area contributed by atoms with E-state index in [0.29, 0.717) is 0 Å². The summed E-state index contributed by atoms with van der Waals surface area (Å²) in [6, 6.07) is 0. The average molecular weight is 120 g/mol. The van der Waals surface area contributed by atoms with Crippen LogP contribution in [0.3, 0.4) is 0 Å². The molecule has 0 rings (SSSR count). The van der Waals surface area contributed by atoms with Gasteiger partial charge in [0.05, 0.1) is 5.92 Å². The number of carbonyl (C=O) groups excluding carboxylic acids is 1. The van der Waals surface area contributed by atoms with Crippen molar-refractivity contribution in [2.24, 2.45) is 5.92 Å². The standard InChI is InChI=1S/C4H8O2S/c1-3(2)4(5)6-7/h3,7H,1-2H3. The number of rotatable bonds is 1. The van der Waals surface area contributed by atoms with Gasteiger partial charge in [-0.25, -0.2) is 0 Å². The second-order valence-corrected chi connectivity index (χ2v) is 1.75. The molecule has 0 saturated heterocycles. The first kappa shape index (κ1) is 6.82. The van der Waals surface area contributed by atoms with Crippen molar-refractivity contribution in [3.63, 3.8) is 0 Å². The van der Waals surface area contributed by atoms with Crippen molar-refractivity contribution in [2.75, 3.05) is 0 Å². The van der Waals surface area contributed by atoms with Gasteiger partial charge in [-0.3, -0.25) is 4.79 Å². The van der Waals surface area contributed by atoms with Crippen LogP contribution in [0.5, 0.6) is 0 Å². The minimum absolute atomic E-state index is 0.0718. The van der Waals surface area contributed by atoms with Gasteiger partial charge in [0.2, 0.25) is 0 Å².